The van der Waals surface area contributed by atoms with Crippen LogP contribution in [0.1, 0.15) is 5.56 Å². The van der Waals surface area contributed by atoms with Crippen molar-refractivity contribution in [3.8, 4) is 5.75 Å². The number of anilines is 2. The summed E-state index contributed by atoms with van der Waals surface area (Å²) in [6.07, 6.45) is 0. The summed E-state index contributed by atoms with van der Waals surface area (Å²) in [5.41, 5.74) is 8.19. The molecule has 106 valence electrons. The predicted octanol–water partition coefficient (Wildman–Crippen LogP) is 3.71. The number of rotatable bonds is 4. The molecule has 0 spiro atoms. The van der Waals surface area contributed by atoms with Gasteiger partial charge >= 0.3 is 0 Å². The van der Waals surface area contributed by atoms with Crippen molar-refractivity contribution in [1.29, 1.82) is 0 Å². The number of nitrogen functional groups attached to an aromatic ring is 1. The molecule has 0 heterocycles. The third-order valence-electron chi connectivity index (χ3n) is 3.04. The number of hydrogen-bond acceptors (Lipinski definition) is 3. The molecule has 0 bridgehead atoms. The molecule has 0 radical (unpaired) electrons. The minimum atomic E-state index is -0.377. The topological polar surface area (TPSA) is 38.5 Å². The fraction of sp³-hybridized carbons (Fsp3) is 0.200. The van der Waals surface area contributed by atoms with E-state index in [-0.39, 0.29) is 11.6 Å². The highest BCUT2D eigenvalue weighted by Crippen LogP contribution is 2.27. The van der Waals surface area contributed by atoms with Crippen molar-refractivity contribution in [2.75, 3.05) is 24.8 Å². The summed E-state index contributed by atoms with van der Waals surface area (Å²) < 4.78 is 18.6. The summed E-state index contributed by atoms with van der Waals surface area (Å²) in [6, 6.07) is 10.2. The molecule has 0 aliphatic heterocycles. The molecule has 0 saturated heterocycles. The Morgan fingerprint density at radius 2 is 2.00 bits per heavy atom. The second-order valence-corrected chi connectivity index (χ2v) is 4.96. The van der Waals surface area contributed by atoms with Gasteiger partial charge in [-0.3, -0.25) is 0 Å². The number of methoxy groups -OCH3 is 1. The van der Waals surface area contributed by atoms with Crippen LogP contribution in [-0.4, -0.2) is 14.2 Å². The van der Waals surface area contributed by atoms with E-state index in [1.165, 1.54) is 13.2 Å². The minimum Gasteiger partial charge on any atom is -0.494 e. The van der Waals surface area contributed by atoms with Crippen LogP contribution in [0, 0.1) is 5.82 Å². The lowest BCUT2D eigenvalue weighted by molar-refractivity contribution is 0.386. The Morgan fingerprint density at radius 3 is 2.65 bits per heavy atom. The van der Waals surface area contributed by atoms with Crippen LogP contribution in [0.5, 0.6) is 5.75 Å². The fourth-order valence-corrected chi connectivity index (χ4v) is 2.18. The molecule has 0 aliphatic carbocycles. The smallest absolute Gasteiger partial charge is 0.165 e. The summed E-state index contributed by atoms with van der Waals surface area (Å²) in [7, 11) is 3.32. The van der Waals surface area contributed by atoms with E-state index in [1.807, 2.05) is 18.0 Å². The van der Waals surface area contributed by atoms with Gasteiger partial charge in [-0.15, -0.1) is 0 Å². The van der Waals surface area contributed by atoms with Crippen LogP contribution in [0.15, 0.2) is 36.4 Å². The summed E-state index contributed by atoms with van der Waals surface area (Å²) >= 11 is 5.97. The molecule has 0 atom stereocenters. The maximum absolute atomic E-state index is 13.7. The van der Waals surface area contributed by atoms with Crippen LogP contribution in [0.3, 0.4) is 0 Å². The highest BCUT2D eigenvalue weighted by atomic mass is 35.5. The number of nitrogens with zero attached hydrogens (tertiary/aromatic N) is 1. The lowest BCUT2D eigenvalue weighted by Crippen LogP contribution is -2.17. The predicted molar refractivity (Wildman–Crippen MR) is 80.9 cm³/mol. The maximum atomic E-state index is 13.7. The van der Waals surface area contributed by atoms with E-state index in [1.54, 1.807) is 24.3 Å². The first kappa shape index (κ1) is 14.5. The molecule has 20 heavy (non-hydrogen) atoms. The van der Waals surface area contributed by atoms with Crippen molar-refractivity contribution in [3.63, 3.8) is 0 Å². The average molecular weight is 295 g/mol. The van der Waals surface area contributed by atoms with E-state index in [2.05, 4.69) is 0 Å². The number of nitrogens with two attached hydrogens (primary N) is 1. The molecular weight excluding hydrogens is 279 g/mol. The first-order chi connectivity index (χ1) is 9.51. The summed E-state index contributed by atoms with van der Waals surface area (Å²) in [5.74, 6) is -0.142. The molecule has 5 heteroatoms. The summed E-state index contributed by atoms with van der Waals surface area (Å²) in [6.45, 7) is 0.519. The van der Waals surface area contributed by atoms with E-state index in [9.17, 15) is 4.39 Å². The molecule has 2 N–H and O–H groups in total. The van der Waals surface area contributed by atoms with Gasteiger partial charge in [0.05, 0.1) is 18.5 Å². The van der Waals surface area contributed by atoms with Crippen molar-refractivity contribution in [1.82, 2.24) is 0 Å². The van der Waals surface area contributed by atoms with E-state index < -0.39 is 0 Å². The normalized spacial score (nSPS) is 10.4. The van der Waals surface area contributed by atoms with Gasteiger partial charge in [0, 0.05) is 18.6 Å². The summed E-state index contributed by atoms with van der Waals surface area (Å²) in [4.78, 5) is 1.92. The van der Waals surface area contributed by atoms with Crippen molar-refractivity contribution in [3.05, 3.63) is 52.8 Å². The molecule has 2 rings (SSSR count). The molecule has 0 saturated carbocycles. The monoisotopic (exact) mass is 294 g/mol. The van der Waals surface area contributed by atoms with Crippen LogP contribution >= 0.6 is 11.6 Å². The fourth-order valence-electron chi connectivity index (χ4n) is 2.01. The molecule has 0 amide bonds. The minimum absolute atomic E-state index is 0.235. The number of hydrogen-bond donors (Lipinski definition) is 1. The number of halogens is 2. The van der Waals surface area contributed by atoms with Gasteiger partial charge in [-0.25, -0.2) is 4.39 Å². The maximum Gasteiger partial charge on any atom is 0.165 e. The Morgan fingerprint density at radius 1 is 1.25 bits per heavy atom. The first-order valence-corrected chi connectivity index (χ1v) is 6.47. The zero-order valence-electron chi connectivity index (χ0n) is 11.4. The number of benzene rings is 2. The van der Waals surface area contributed by atoms with Crippen LogP contribution < -0.4 is 15.4 Å². The van der Waals surface area contributed by atoms with Crippen molar-refractivity contribution in [2.45, 2.75) is 6.54 Å². The molecular formula is C15H16ClFN2O. The molecule has 2 aromatic carbocycles. The van der Waals surface area contributed by atoms with Crippen molar-refractivity contribution >= 4 is 23.0 Å². The Bertz CT molecular complexity index is 619. The Labute approximate surface area is 122 Å². The Balaban J connectivity index is 2.21. The van der Waals surface area contributed by atoms with Gasteiger partial charge in [0.25, 0.3) is 0 Å². The summed E-state index contributed by atoms with van der Waals surface area (Å²) in [5, 5.41) is 0.613. The molecule has 0 aliphatic rings. The average Bonchev–Trinajstić information content (AvgIpc) is 2.41. The third kappa shape index (κ3) is 3.14. The highest BCUT2D eigenvalue weighted by molar-refractivity contribution is 6.31. The van der Waals surface area contributed by atoms with Gasteiger partial charge < -0.3 is 15.4 Å². The van der Waals surface area contributed by atoms with Crippen LogP contribution in [0.25, 0.3) is 0 Å². The van der Waals surface area contributed by atoms with Gasteiger partial charge in [0.15, 0.2) is 11.6 Å². The zero-order chi connectivity index (χ0) is 14.7. The molecule has 0 aromatic heterocycles. The van der Waals surface area contributed by atoms with E-state index in [4.69, 9.17) is 22.1 Å². The van der Waals surface area contributed by atoms with Gasteiger partial charge in [0.1, 0.15) is 0 Å². The van der Waals surface area contributed by atoms with Gasteiger partial charge in [-0.2, -0.15) is 0 Å². The largest absolute Gasteiger partial charge is 0.494 e. The zero-order valence-corrected chi connectivity index (χ0v) is 12.1. The van der Waals surface area contributed by atoms with E-state index in [0.29, 0.717) is 17.3 Å². The second kappa shape index (κ2) is 6.01. The molecule has 3 nitrogen and oxygen atoms in total. The Kier molecular flexibility index (Phi) is 4.35. The van der Waals surface area contributed by atoms with Gasteiger partial charge in [0.2, 0.25) is 0 Å². The Hall–Kier alpha value is -1.94. The van der Waals surface area contributed by atoms with E-state index in [0.717, 1.165) is 11.3 Å². The van der Waals surface area contributed by atoms with Crippen molar-refractivity contribution < 1.29 is 9.13 Å². The van der Waals surface area contributed by atoms with Crippen LogP contribution in [0.2, 0.25) is 5.02 Å². The molecule has 2 aromatic rings. The van der Waals surface area contributed by atoms with Crippen molar-refractivity contribution in [2.24, 2.45) is 0 Å². The lowest BCUT2D eigenvalue weighted by atomic mass is 10.1. The SMILES string of the molecule is COc1ccc(CN(C)c2cc(Cl)ccc2N)cc1F. The van der Waals surface area contributed by atoms with E-state index >= 15 is 0 Å². The third-order valence-corrected chi connectivity index (χ3v) is 3.27. The lowest BCUT2D eigenvalue weighted by Gasteiger charge is -2.21. The highest BCUT2D eigenvalue weighted by Gasteiger charge is 2.09. The molecule has 0 fully saturated rings. The standard InChI is InChI=1S/C15H16ClFN2O/c1-19(14-8-11(16)4-5-13(14)18)9-10-3-6-15(20-2)12(17)7-10/h3-8H,9,18H2,1-2H3. The quantitative estimate of drug-likeness (QED) is 0.874. The molecule has 0 unspecified atom stereocenters. The van der Waals surface area contributed by atoms with Gasteiger partial charge in [-0.05, 0) is 35.9 Å². The van der Waals surface area contributed by atoms with Gasteiger partial charge in [-0.1, -0.05) is 17.7 Å². The number of ether oxygens (including phenoxy) is 1. The van der Waals surface area contributed by atoms with Crippen LogP contribution in [0.4, 0.5) is 15.8 Å². The van der Waals surface area contributed by atoms with Crippen LogP contribution in [-0.2, 0) is 6.54 Å². The first-order valence-electron chi connectivity index (χ1n) is 6.10. The second-order valence-electron chi connectivity index (χ2n) is 4.53.